The molecule has 1 aromatic carbocycles. The molecule has 7 heteroatoms. The summed E-state index contributed by atoms with van der Waals surface area (Å²) in [6, 6.07) is 8.69. The molecule has 106 valence electrons. The minimum atomic E-state index is -0.634. The van der Waals surface area contributed by atoms with Crippen molar-refractivity contribution in [2.24, 2.45) is 0 Å². The van der Waals surface area contributed by atoms with Gasteiger partial charge in [-0.1, -0.05) is 16.8 Å². The Kier molecular flexibility index (Phi) is 3.45. The maximum Gasteiger partial charge on any atom is 0.277 e. The SMILES string of the molecule is O=C(Nc1ccc(Cl)cc1F)c1cc(-c2ccco2)on1. The summed E-state index contributed by atoms with van der Waals surface area (Å²) in [6.45, 7) is 0. The van der Waals surface area contributed by atoms with E-state index in [1.807, 2.05) is 0 Å². The molecule has 1 amide bonds. The number of halogens is 2. The normalized spacial score (nSPS) is 10.6. The monoisotopic (exact) mass is 306 g/mol. The van der Waals surface area contributed by atoms with Crippen LogP contribution in [0.25, 0.3) is 11.5 Å². The summed E-state index contributed by atoms with van der Waals surface area (Å²) in [6.07, 6.45) is 1.47. The van der Waals surface area contributed by atoms with Crippen LogP contribution in [0.2, 0.25) is 5.02 Å². The van der Waals surface area contributed by atoms with Crippen molar-refractivity contribution in [1.82, 2.24) is 5.16 Å². The number of rotatable bonds is 3. The van der Waals surface area contributed by atoms with E-state index in [1.54, 1.807) is 12.1 Å². The predicted octanol–water partition coefficient (Wildman–Crippen LogP) is 3.98. The standard InChI is InChI=1S/C14H8ClFN2O3/c15-8-3-4-10(9(16)6-8)17-14(19)11-7-13(21-18-11)12-2-1-5-20-12/h1-7H,(H,17,19). The molecule has 0 radical (unpaired) electrons. The molecule has 0 aliphatic heterocycles. The molecule has 21 heavy (non-hydrogen) atoms. The number of amides is 1. The summed E-state index contributed by atoms with van der Waals surface area (Å²) in [5.74, 6) is -0.482. The summed E-state index contributed by atoms with van der Waals surface area (Å²) in [5, 5.41) is 6.25. The number of carbonyl (C=O) groups is 1. The fraction of sp³-hybridized carbons (Fsp3) is 0. The van der Waals surface area contributed by atoms with Crippen LogP contribution in [0.4, 0.5) is 10.1 Å². The van der Waals surface area contributed by atoms with E-state index in [4.69, 9.17) is 20.5 Å². The van der Waals surface area contributed by atoms with Crippen LogP contribution in [0, 0.1) is 5.82 Å². The van der Waals surface area contributed by atoms with E-state index < -0.39 is 11.7 Å². The Morgan fingerprint density at radius 2 is 2.10 bits per heavy atom. The topological polar surface area (TPSA) is 68.3 Å². The van der Waals surface area contributed by atoms with Crippen molar-refractivity contribution in [3.8, 4) is 11.5 Å². The second-order valence-electron chi connectivity index (χ2n) is 4.13. The summed E-state index contributed by atoms with van der Waals surface area (Å²) < 4.78 is 23.7. The van der Waals surface area contributed by atoms with Crippen molar-refractivity contribution in [3.63, 3.8) is 0 Å². The van der Waals surface area contributed by atoms with E-state index >= 15 is 0 Å². The number of furan rings is 1. The second-order valence-corrected chi connectivity index (χ2v) is 4.57. The third kappa shape index (κ3) is 2.80. The highest BCUT2D eigenvalue weighted by molar-refractivity contribution is 6.30. The third-order valence-electron chi connectivity index (χ3n) is 2.69. The van der Waals surface area contributed by atoms with Gasteiger partial charge in [-0.15, -0.1) is 0 Å². The number of hydrogen-bond acceptors (Lipinski definition) is 4. The zero-order valence-electron chi connectivity index (χ0n) is 10.5. The molecule has 2 heterocycles. The highest BCUT2D eigenvalue weighted by Crippen LogP contribution is 2.22. The van der Waals surface area contributed by atoms with Crippen molar-refractivity contribution in [2.75, 3.05) is 5.32 Å². The number of aromatic nitrogens is 1. The number of nitrogens with zero attached hydrogens (tertiary/aromatic N) is 1. The number of hydrogen-bond donors (Lipinski definition) is 1. The van der Waals surface area contributed by atoms with Gasteiger partial charge in [-0.2, -0.15) is 0 Å². The minimum absolute atomic E-state index is 0.00643. The lowest BCUT2D eigenvalue weighted by molar-refractivity contribution is 0.101. The average molecular weight is 307 g/mol. The van der Waals surface area contributed by atoms with E-state index in [0.717, 1.165) is 6.07 Å². The second kappa shape index (κ2) is 5.41. The summed E-state index contributed by atoms with van der Waals surface area (Å²) >= 11 is 5.64. The molecular weight excluding hydrogens is 299 g/mol. The zero-order chi connectivity index (χ0) is 14.8. The van der Waals surface area contributed by atoms with E-state index in [9.17, 15) is 9.18 Å². The van der Waals surface area contributed by atoms with Crippen LogP contribution < -0.4 is 5.32 Å². The van der Waals surface area contributed by atoms with Crippen LogP contribution in [0.15, 0.2) is 51.6 Å². The third-order valence-corrected chi connectivity index (χ3v) is 2.92. The van der Waals surface area contributed by atoms with Crippen molar-refractivity contribution < 1.29 is 18.1 Å². The first-order chi connectivity index (χ1) is 10.1. The molecule has 3 aromatic rings. The Morgan fingerprint density at radius 1 is 1.24 bits per heavy atom. The highest BCUT2D eigenvalue weighted by Gasteiger charge is 2.16. The number of benzene rings is 1. The number of anilines is 1. The Balaban J connectivity index is 1.79. The Bertz CT molecular complexity index is 783. The molecule has 3 rings (SSSR count). The molecule has 0 aliphatic rings. The smallest absolute Gasteiger partial charge is 0.277 e. The fourth-order valence-corrected chi connectivity index (χ4v) is 1.85. The van der Waals surface area contributed by atoms with Gasteiger partial charge in [-0.25, -0.2) is 4.39 Å². The van der Waals surface area contributed by atoms with Crippen LogP contribution in [-0.2, 0) is 0 Å². The lowest BCUT2D eigenvalue weighted by Gasteiger charge is -2.04. The Hall–Kier alpha value is -2.60. The maximum atomic E-state index is 13.6. The summed E-state index contributed by atoms with van der Waals surface area (Å²) in [5.41, 5.74) is 0.0164. The van der Waals surface area contributed by atoms with Gasteiger partial charge < -0.3 is 14.3 Å². The molecule has 0 saturated heterocycles. The van der Waals surface area contributed by atoms with Gasteiger partial charge in [0.05, 0.1) is 12.0 Å². The minimum Gasteiger partial charge on any atom is -0.461 e. The van der Waals surface area contributed by atoms with Gasteiger partial charge in [-0.3, -0.25) is 4.79 Å². The van der Waals surface area contributed by atoms with Gasteiger partial charge in [0.2, 0.25) is 5.76 Å². The van der Waals surface area contributed by atoms with Crippen LogP contribution in [0.5, 0.6) is 0 Å². The molecule has 0 saturated carbocycles. The van der Waals surface area contributed by atoms with Crippen LogP contribution in [0.1, 0.15) is 10.5 Å². The van der Waals surface area contributed by atoms with E-state index in [1.165, 1.54) is 24.5 Å². The lowest BCUT2D eigenvalue weighted by atomic mass is 10.2. The molecule has 0 bridgehead atoms. The van der Waals surface area contributed by atoms with Crippen molar-refractivity contribution >= 4 is 23.2 Å². The molecular formula is C14H8ClFN2O3. The molecule has 0 atom stereocenters. The van der Waals surface area contributed by atoms with Gasteiger partial charge >= 0.3 is 0 Å². The molecule has 0 fully saturated rings. The fourth-order valence-electron chi connectivity index (χ4n) is 1.69. The first-order valence-electron chi connectivity index (χ1n) is 5.90. The zero-order valence-corrected chi connectivity index (χ0v) is 11.2. The van der Waals surface area contributed by atoms with Crippen LogP contribution in [-0.4, -0.2) is 11.1 Å². The molecule has 0 aliphatic carbocycles. The van der Waals surface area contributed by atoms with Crippen molar-refractivity contribution in [3.05, 3.63) is 59.2 Å². The van der Waals surface area contributed by atoms with Gasteiger partial charge in [0, 0.05) is 11.1 Å². The molecule has 0 spiro atoms. The molecule has 0 unspecified atom stereocenters. The van der Waals surface area contributed by atoms with Crippen LogP contribution in [0.3, 0.4) is 0 Å². The van der Waals surface area contributed by atoms with E-state index in [0.29, 0.717) is 11.5 Å². The highest BCUT2D eigenvalue weighted by atomic mass is 35.5. The van der Waals surface area contributed by atoms with Crippen LogP contribution >= 0.6 is 11.6 Å². The number of carbonyl (C=O) groups excluding carboxylic acids is 1. The maximum absolute atomic E-state index is 13.6. The summed E-state index contributed by atoms with van der Waals surface area (Å²) in [4.78, 5) is 12.0. The largest absolute Gasteiger partial charge is 0.461 e. The van der Waals surface area contributed by atoms with Gasteiger partial charge in [0.25, 0.3) is 5.91 Å². The predicted molar refractivity (Wildman–Crippen MR) is 73.6 cm³/mol. The lowest BCUT2D eigenvalue weighted by Crippen LogP contribution is -2.13. The first kappa shape index (κ1) is 13.4. The van der Waals surface area contributed by atoms with E-state index in [2.05, 4.69) is 10.5 Å². The quantitative estimate of drug-likeness (QED) is 0.794. The van der Waals surface area contributed by atoms with Gasteiger partial charge in [0.1, 0.15) is 5.82 Å². The Morgan fingerprint density at radius 3 is 2.81 bits per heavy atom. The Labute approximate surface area is 123 Å². The molecule has 1 N–H and O–H groups in total. The summed E-state index contributed by atoms with van der Waals surface area (Å²) in [7, 11) is 0. The number of nitrogens with one attached hydrogen (secondary N) is 1. The van der Waals surface area contributed by atoms with Crippen molar-refractivity contribution in [1.29, 1.82) is 0 Å². The van der Waals surface area contributed by atoms with Gasteiger partial charge in [0.15, 0.2) is 11.5 Å². The average Bonchev–Trinajstić information content (AvgIpc) is 3.10. The molecule has 5 nitrogen and oxygen atoms in total. The van der Waals surface area contributed by atoms with E-state index in [-0.39, 0.29) is 16.4 Å². The van der Waals surface area contributed by atoms with Crippen molar-refractivity contribution in [2.45, 2.75) is 0 Å². The van der Waals surface area contributed by atoms with Gasteiger partial charge in [-0.05, 0) is 30.3 Å². The first-order valence-corrected chi connectivity index (χ1v) is 6.28. The molecule has 2 aromatic heterocycles.